The number of anilines is 2. The number of halogens is 3. The Morgan fingerprint density at radius 1 is 0.975 bits per heavy atom. The summed E-state index contributed by atoms with van der Waals surface area (Å²) in [4.78, 5) is 21.4. The van der Waals surface area contributed by atoms with Crippen molar-refractivity contribution in [3.63, 3.8) is 0 Å². The quantitative estimate of drug-likeness (QED) is 0.252. The standard InChI is InChI=1S/C30H26F3N3O4/c1-19(2)39-26-14-13-23(38-18-20-9-5-3-6-10-20)16-24(26)28-35-27-25(36(28)40-29(37)30(31,32)33)15-22(17-34-27)21-11-7-4-8-12-21/h3-17,19,28H,18H2,1-2H3,(H,34,35). The minimum absolute atomic E-state index is 0.162. The summed E-state index contributed by atoms with van der Waals surface area (Å²) in [5.74, 6) is -1.29. The molecule has 1 atom stereocenters. The molecule has 0 saturated heterocycles. The van der Waals surface area contributed by atoms with E-state index in [2.05, 4.69) is 10.3 Å². The third kappa shape index (κ3) is 5.96. The van der Waals surface area contributed by atoms with E-state index in [-0.39, 0.29) is 24.2 Å². The van der Waals surface area contributed by atoms with Gasteiger partial charge in [0.25, 0.3) is 0 Å². The molecule has 0 spiro atoms. The van der Waals surface area contributed by atoms with Gasteiger partial charge in [-0.25, -0.2) is 9.78 Å². The highest BCUT2D eigenvalue weighted by molar-refractivity contribution is 5.82. The number of alkyl halides is 3. The lowest BCUT2D eigenvalue weighted by atomic mass is 10.1. The molecule has 1 aliphatic rings. The van der Waals surface area contributed by atoms with Crippen molar-refractivity contribution in [3.05, 3.63) is 102 Å². The molecule has 0 bridgehead atoms. The van der Waals surface area contributed by atoms with E-state index >= 15 is 0 Å². The fourth-order valence-electron chi connectivity index (χ4n) is 4.23. The van der Waals surface area contributed by atoms with Gasteiger partial charge < -0.3 is 19.6 Å². The molecule has 2 heterocycles. The van der Waals surface area contributed by atoms with E-state index in [0.717, 1.165) is 16.2 Å². The summed E-state index contributed by atoms with van der Waals surface area (Å²) in [5, 5.41) is 3.97. The first-order chi connectivity index (χ1) is 19.2. The van der Waals surface area contributed by atoms with Gasteiger partial charge in [0.1, 0.15) is 23.8 Å². The zero-order chi connectivity index (χ0) is 28.3. The Morgan fingerprint density at radius 2 is 1.68 bits per heavy atom. The van der Waals surface area contributed by atoms with Crippen molar-refractivity contribution in [2.45, 2.75) is 38.9 Å². The van der Waals surface area contributed by atoms with E-state index in [0.29, 0.717) is 22.6 Å². The van der Waals surface area contributed by atoms with Crippen LogP contribution in [0.5, 0.6) is 11.5 Å². The second-order valence-corrected chi connectivity index (χ2v) is 9.35. The van der Waals surface area contributed by atoms with Crippen LogP contribution in [0.3, 0.4) is 0 Å². The second kappa shape index (κ2) is 11.2. The zero-order valence-electron chi connectivity index (χ0n) is 21.7. The first-order valence-electron chi connectivity index (χ1n) is 12.6. The first-order valence-corrected chi connectivity index (χ1v) is 12.6. The van der Waals surface area contributed by atoms with Gasteiger partial charge in [0, 0.05) is 17.3 Å². The summed E-state index contributed by atoms with van der Waals surface area (Å²) in [7, 11) is 0. The van der Waals surface area contributed by atoms with Crippen LogP contribution in [0.4, 0.5) is 24.7 Å². The van der Waals surface area contributed by atoms with Crippen molar-refractivity contribution >= 4 is 17.5 Å². The maximum absolute atomic E-state index is 13.3. The number of nitrogens with zero attached hydrogens (tertiary/aromatic N) is 2. The molecule has 40 heavy (non-hydrogen) atoms. The fraction of sp³-hybridized carbons (Fsp3) is 0.200. The lowest BCUT2D eigenvalue weighted by molar-refractivity contribution is -0.201. The van der Waals surface area contributed by atoms with Crippen molar-refractivity contribution in [2.75, 3.05) is 10.4 Å². The molecule has 1 aromatic heterocycles. The average molecular weight is 550 g/mol. The fourth-order valence-corrected chi connectivity index (χ4v) is 4.23. The van der Waals surface area contributed by atoms with Crippen molar-refractivity contribution in [3.8, 4) is 22.6 Å². The maximum atomic E-state index is 13.3. The molecule has 1 aliphatic heterocycles. The summed E-state index contributed by atoms with van der Waals surface area (Å²) >= 11 is 0. The Labute approximate surface area is 229 Å². The number of ether oxygens (including phenoxy) is 2. The Balaban J connectivity index is 1.54. The topological polar surface area (TPSA) is 72.9 Å². The number of fused-ring (bicyclic) bond motifs is 1. The number of hydrogen-bond donors (Lipinski definition) is 1. The smallest absolute Gasteiger partial charge is 0.491 e. The second-order valence-electron chi connectivity index (χ2n) is 9.35. The minimum Gasteiger partial charge on any atom is -0.491 e. The Hall–Kier alpha value is -4.73. The molecule has 3 aromatic carbocycles. The van der Waals surface area contributed by atoms with E-state index in [9.17, 15) is 18.0 Å². The number of hydroxylamine groups is 1. The molecule has 5 rings (SSSR count). The molecule has 10 heteroatoms. The molecule has 0 aliphatic carbocycles. The molecule has 206 valence electrons. The third-order valence-electron chi connectivity index (χ3n) is 6.02. The highest BCUT2D eigenvalue weighted by atomic mass is 19.4. The summed E-state index contributed by atoms with van der Waals surface area (Å²) in [6, 6.07) is 25.4. The van der Waals surface area contributed by atoms with Gasteiger partial charge >= 0.3 is 12.1 Å². The number of benzene rings is 3. The molecule has 0 amide bonds. The van der Waals surface area contributed by atoms with E-state index in [1.54, 1.807) is 30.5 Å². The predicted molar refractivity (Wildman–Crippen MR) is 144 cm³/mol. The summed E-state index contributed by atoms with van der Waals surface area (Å²) < 4.78 is 52.0. The van der Waals surface area contributed by atoms with Gasteiger partial charge in [0.15, 0.2) is 12.0 Å². The van der Waals surface area contributed by atoms with Crippen LogP contribution in [-0.2, 0) is 16.2 Å². The molecule has 0 radical (unpaired) electrons. The minimum atomic E-state index is -5.21. The Kier molecular flexibility index (Phi) is 7.50. The van der Waals surface area contributed by atoms with Crippen LogP contribution in [0, 0.1) is 0 Å². The predicted octanol–water partition coefficient (Wildman–Crippen LogP) is 7.07. The number of carbonyl (C=O) groups is 1. The normalized spacial score (nSPS) is 14.4. The van der Waals surface area contributed by atoms with Gasteiger partial charge in [-0.1, -0.05) is 60.7 Å². The summed E-state index contributed by atoms with van der Waals surface area (Å²) in [5.41, 5.74) is 2.93. The summed E-state index contributed by atoms with van der Waals surface area (Å²) in [6.07, 6.45) is -4.95. The van der Waals surface area contributed by atoms with Crippen LogP contribution in [0.1, 0.15) is 31.1 Å². The lowest BCUT2D eigenvalue weighted by Gasteiger charge is -2.27. The molecule has 4 aromatic rings. The van der Waals surface area contributed by atoms with Crippen molar-refractivity contribution in [1.29, 1.82) is 0 Å². The SMILES string of the molecule is CC(C)Oc1ccc(OCc2ccccc2)cc1C1Nc2ncc(-c3ccccc3)cc2N1OC(=O)C(F)(F)F. The number of rotatable bonds is 8. The third-order valence-corrected chi connectivity index (χ3v) is 6.02. The van der Waals surface area contributed by atoms with Crippen LogP contribution >= 0.6 is 0 Å². The van der Waals surface area contributed by atoms with Gasteiger partial charge in [0.2, 0.25) is 0 Å². The molecule has 1 N–H and O–H groups in total. The van der Waals surface area contributed by atoms with E-state index in [1.807, 2.05) is 74.5 Å². The number of nitrogens with one attached hydrogen (secondary N) is 1. The highest BCUT2D eigenvalue weighted by Crippen LogP contribution is 2.45. The van der Waals surface area contributed by atoms with Crippen molar-refractivity contribution in [2.24, 2.45) is 0 Å². The van der Waals surface area contributed by atoms with Gasteiger partial charge in [-0.3, -0.25) is 0 Å². The zero-order valence-corrected chi connectivity index (χ0v) is 21.7. The van der Waals surface area contributed by atoms with E-state index in [1.165, 1.54) is 0 Å². The van der Waals surface area contributed by atoms with Crippen LogP contribution in [0.15, 0.2) is 91.1 Å². The van der Waals surface area contributed by atoms with Crippen LogP contribution in [0.2, 0.25) is 0 Å². The Morgan fingerprint density at radius 3 is 2.35 bits per heavy atom. The summed E-state index contributed by atoms with van der Waals surface area (Å²) in [6.45, 7) is 3.93. The molecule has 0 saturated carbocycles. The largest absolute Gasteiger partial charge is 0.493 e. The van der Waals surface area contributed by atoms with E-state index < -0.39 is 18.3 Å². The number of pyridine rings is 1. The average Bonchev–Trinajstić information content (AvgIpc) is 3.30. The van der Waals surface area contributed by atoms with Gasteiger partial charge in [-0.2, -0.15) is 18.2 Å². The molecular formula is C30H26F3N3O4. The van der Waals surface area contributed by atoms with Crippen LogP contribution in [-0.4, -0.2) is 23.2 Å². The number of hydrogen-bond acceptors (Lipinski definition) is 7. The van der Waals surface area contributed by atoms with E-state index in [4.69, 9.17) is 14.3 Å². The van der Waals surface area contributed by atoms with Crippen LogP contribution < -0.4 is 19.9 Å². The van der Waals surface area contributed by atoms with Gasteiger partial charge in [-0.15, -0.1) is 0 Å². The van der Waals surface area contributed by atoms with Crippen LogP contribution in [0.25, 0.3) is 11.1 Å². The van der Waals surface area contributed by atoms with Gasteiger partial charge in [0.05, 0.1) is 6.10 Å². The van der Waals surface area contributed by atoms with Gasteiger partial charge in [-0.05, 0) is 49.2 Å². The lowest BCUT2D eigenvalue weighted by Crippen LogP contribution is -2.37. The molecule has 0 fully saturated rings. The number of aromatic nitrogens is 1. The molecule has 1 unspecified atom stereocenters. The van der Waals surface area contributed by atoms with Crippen molar-refractivity contribution < 1.29 is 32.3 Å². The highest BCUT2D eigenvalue weighted by Gasteiger charge is 2.46. The first kappa shape index (κ1) is 26.9. The Bertz CT molecular complexity index is 1480. The maximum Gasteiger partial charge on any atom is 0.493 e. The molecular weight excluding hydrogens is 523 g/mol. The monoisotopic (exact) mass is 549 g/mol. The molecule has 7 nitrogen and oxygen atoms in total. The van der Waals surface area contributed by atoms with Crippen molar-refractivity contribution in [1.82, 2.24) is 4.98 Å². The number of carbonyl (C=O) groups excluding carboxylic acids is 1.